The van der Waals surface area contributed by atoms with E-state index in [1.165, 1.54) is 0 Å². The van der Waals surface area contributed by atoms with Crippen LogP contribution in [-0.2, 0) is 4.79 Å². The second-order valence-corrected chi connectivity index (χ2v) is 6.17. The van der Waals surface area contributed by atoms with E-state index in [4.69, 9.17) is 0 Å². The predicted octanol–water partition coefficient (Wildman–Crippen LogP) is 1.19. The highest BCUT2D eigenvalue weighted by atomic mass is 79.9. The van der Waals surface area contributed by atoms with Crippen LogP contribution in [0.4, 0.5) is 0 Å². The SMILES string of the molecule is CC1=C2C=C(N=C3C=C(Br)CN(C)C3=O)NC=C2NN1C. The van der Waals surface area contributed by atoms with Crippen molar-refractivity contribution >= 4 is 27.5 Å². The van der Waals surface area contributed by atoms with Gasteiger partial charge in [0.15, 0.2) is 0 Å². The van der Waals surface area contributed by atoms with Crippen molar-refractivity contribution < 1.29 is 4.79 Å². The molecule has 0 bridgehead atoms. The molecule has 0 unspecified atom stereocenters. The molecule has 0 fully saturated rings. The molecule has 0 saturated carbocycles. The summed E-state index contributed by atoms with van der Waals surface area (Å²) >= 11 is 3.43. The highest BCUT2D eigenvalue weighted by Gasteiger charge is 2.24. The lowest BCUT2D eigenvalue weighted by Gasteiger charge is -2.22. The fourth-order valence-electron chi connectivity index (χ4n) is 2.34. The van der Waals surface area contributed by atoms with Crippen molar-refractivity contribution in [1.82, 2.24) is 20.7 Å². The van der Waals surface area contributed by atoms with Gasteiger partial charge < -0.3 is 10.2 Å². The summed E-state index contributed by atoms with van der Waals surface area (Å²) in [6, 6.07) is 0. The first-order valence-electron chi connectivity index (χ1n) is 6.56. The molecule has 7 heteroatoms. The van der Waals surface area contributed by atoms with Crippen molar-refractivity contribution in [3.63, 3.8) is 0 Å². The first-order chi connectivity index (χ1) is 9.95. The van der Waals surface area contributed by atoms with Crippen molar-refractivity contribution in [2.75, 3.05) is 20.6 Å². The van der Waals surface area contributed by atoms with E-state index in [1.807, 2.05) is 31.3 Å². The third-order valence-corrected chi connectivity index (χ3v) is 4.08. The van der Waals surface area contributed by atoms with Crippen LogP contribution >= 0.6 is 15.9 Å². The number of amides is 1. The number of carbonyl (C=O) groups excluding carboxylic acids is 1. The number of hydrogen-bond donors (Lipinski definition) is 2. The van der Waals surface area contributed by atoms with E-state index in [2.05, 4.69) is 31.7 Å². The van der Waals surface area contributed by atoms with Crippen molar-refractivity contribution in [3.8, 4) is 0 Å². The van der Waals surface area contributed by atoms with E-state index in [9.17, 15) is 4.79 Å². The maximum atomic E-state index is 12.1. The maximum Gasteiger partial charge on any atom is 0.272 e. The van der Waals surface area contributed by atoms with Crippen LogP contribution in [0, 0.1) is 0 Å². The van der Waals surface area contributed by atoms with E-state index in [-0.39, 0.29) is 5.91 Å². The van der Waals surface area contributed by atoms with Gasteiger partial charge in [-0.3, -0.25) is 15.2 Å². The van der Waals surface area contributed by atoms with Crippen LogP contribution in [0.1, 0.15) is 6.92 Å². The van der Waals surface area contributed by atoms with E-state index in [1.54, 1.807) is 18.0 Å². The predicted molar refractivity (Wildman–Crippen MR) is 85.0 cm³/mol. The van der Waals surface area contributed by atoms with Gasteiger partial charge in [0.25, 0.3) is 5.91 Å². The summed E-state index contributed by atoms with van der Waals surface area (Å²) in [5, 5.41) is 5.05. The second-order valence-electron chi connectivity index (χ2n) is 5.15. The van der Waals surface area contributed by atoms with Crippen LogP contribution in [-0.4, -0.2) is 42.2 Å². The normalized spacial score (nSPS) is 23.5. The molecule has 6 nitrogen and oxygen atoms in total. The average molecular weight is 350 g/mol. The number of halogens is 1. The number of hydrazine groups is 1. The van der Waals surface area contributed by atoms with Crippen molar-refractivity contribution in [1.29, 1.82) is 0 Å². The van der Waals surface area contributed by atoms with E-state index in [0.717, 1.165) is 21.4 Å². The Morgan fingerprint density at radius 2 is 2.10 bits per heavy atom. The number of likely N-dealkylation sites (N-methyl/N-ethyl adjacent to an activating group) is 1. The average Bonchev–Trinajstić information content (AvgIpc) is 2.71. The molecule has 0 saturated heterocycles. The largest absolute Gasteiger partial charge is 0.344 e. The lowest BCUT2D eigenvalue weighted by molar-refractivity contribution is -0.122. The Balaban J connectivity index is 1.94. The standard InChI is InChI=1S/C14H16BrN5O/c1-8-10-5-13(16-6-12(10)18-20(8)3)17-11-4-9(15)7-19(2)14(11)21/h4-6,16,18H,7H2,1-3H3. The smallest absolute Gasteiger partial charge is 0.272 e. The third-order valence-electron chi connectivity index (χ3n) is 3.60. The quantitative estimate of drug-likeness (QED) is 0.746. The zero-order chi connectivity index (χ0) is 15.1. The fourth-order valence-corrected chi connectivity index (χ4v) is 2.93. The molecule has 0 aromatic heterocycles. The van der Waals surface area contributed by atoms with Crippen molar-refractivity contribution in [3.05, 3.63) is 45.6 Å². The number of rotatable bonds is 1. The Hall–Kier alpha value is -2.02. The zero-order valence-corrected chi connectivity index (χ0v) is 13.7. The highest BCUT2D eigenvalue weighted by Crippen LogP contribution is 2.26. The molecule has 0 aliphatic carbocycles. The van der Waals surface area contributed by atoms with E-state index in [0.29, 0.717) is 18.1 Å². The van der Waals surface area contributed by atoms with Gasteiger partial charge in [-0.2, -0.15) is 0 Å². The molecular weight excluding hydrogens is 334 g/mol. The molecule has 3 aliphatic rings. The Labute approximate surface area is 131 Å². The van der Waals surface area contributed by atoms with Crippen LogP contribution in [0.5, 0.6) is 0 Å². The third kappa shape index (κ3) is 2.49. The molecule has 2 N–H and O–H groups in total. The number of carbonyl (C=O) groups is 1. The number of nitrogens with one attached hydrogen (secondary N) is 2. The van der Waals surface area contributed by atoms with Crippen LogP contribution < -0.4 is 10.7 Å². The molecule has 0 radical (unpaired) electrons. The number of hydrogen-bond acceptors (Lipinski definition) is 5. The maximum absolute atomic E-state index is 12.1. The molecule has 110 valence electrons. The van der Waals surface area contributed by atoms with E-state index < -0.39 is 0 Å². The number of fused-ring (bicyclic) bond motifs is 1. The van der Waals surface area contributed by atoms with Gasteiger partial charge in [-0.15, -0.1) is 0 Å². The number of nitrogens with zero attached hydrogens (tertiary/aromatic N) is 3. The van der Waals surface area contributed by atoms with Gasteiger partial charge in [0.2, 0.25) is 0 Å². The molecule has 3 rings (SSSR count). The number of aliphatic imine (C=N–C) groups is 1. The van der Waals surface area contributed by atoms with Gasteiger partial charge in [-0.05, 0) is 19.1 Å². The Bertz CT molecular complexity index is 671. The lowest BCUT2D eigenvalue weighted by atomic mass is 10.1. The molecule has 0 spiro atoms. The van der Waals surface area contributed by atoms with Crippen LogP contribution in [0.25, 0.3) is 0 Å². The second kappa shape index (κ2) is 5.07. The number of dihydropyridines is 1. The van der Waals surface area contributed by atoms with E-state index >= 15 is 0 Å². The van der Waals surface area contributed by atoms with Gasteiger partial charge >= 0.3 is 0 Å². The summed E-state index contributed by atoms with van der Waals surface area (Å²) in [7, 11) is 3.72. The minimum Gasteiger partial charge on any atom is -0.344 e. The molecule has 1 amide bonds. The number of allylic oxidation sites excluding steroid dienone is 2. The summed E-state index contributed by atoms with van der Waals surface area (Å²) < 4.78 is 0.939. The van der Waals surface area contributed by atoms with Crippen LogP contribution in [0.2, 0.25) is 0 Å². The first-order valence-corrected chi connectivity index (χ1v) is 7.35. The lowest BCUT2D eigenvalue weighted by Crippen LogP contribution is -2.37. The van der Waals surface area contributed by atoms with Gasteiger partial charge in [0.05, 0.1) is 12.2 Å². The molecule has 0 aromatic rings. The van der Waals surface area contributed by atoms with Gasteiger partial charge in [0, 0.05) is 36.0 Å². The molecular formula is C14H16BrN5O. The molecule has 21 heavy (non-hydrogen) atoms. The molecule has 3 aliphatic heterocycles. The zero-order valence-electron chi connectivity index (χ0n) is 12.1. The van der Waals surface area contributed by atoms with Gasteiger partial charge in [0.1, 0.15) is 11.5 Å². The minimum atomic E-state index is -0.0805. The summed E-state index contributed by atoms with van der Waals surface area (Å²) in [6.45, 7) is 2.61. The summed E-state index contributed by atoms with van der Waals surface area (Å²) in [4.78, 5) is 18.2. The minimum absolute atomic E-state index is 0.0805. The Morgan fingerprint density at radius 3 is 2.86 bits per heavy atom. The Morgan fingerprint density at radius 1 is 1.33 bits per heavy atom. The monoisotopic (exact) mass is 349 g/mol. The summed E-state index contributed by atoms with van der Waals surface area (Å²) in [5.41, 5.74) is 6.84. The fraction of sp³-hybridized carbons (Fsp3) is 0.286. The molecule has 0 atom stereocenters. The van der Waals surface area contributed by atoms with Crippen LogP contribution in [0.3, 0.4) is 0 Å². The highest BCUT2D eigenvalue weighted by molar-refractivity contribution is 9.11. The van der Waals surface area contributed by atoms with Gasteiger partial charge in [-0.1, -0.05) is 15.9 Å². The Kier molecular flexibility index (Phi) is 3.36. The first kappa shape index (κ1) is 13.9. The van der Waals surface area contributed by atoms with Gasteiger partial charge in [-0.25, -0.2) is 4.99 Å². The molecule has 3 heterocycles. The summed E-state index contributed by atoms with van der Waals surface area (Å²) in [6.07, 6.45) is 5.57. The van der Waals surface area contributed by atoms with Crippen molar-refractivity contribution in [2.45, 2.75) is 6.92 Å². The van der Waals surface area contributed by atoms with Crippen LogP contribution in [0.15, 0.2) is 50.6 Å². The topological polar surface area (TPSA) is 60.0 Å². The van der Waals surface area contributed by atoms with Crippen molar-refractivity contribution in [2.24, 2.45) is 4.99 Å². The summed E-state index contributed by atoms with van der Waals surface area (Å²) in [5.74, 6) is 0.573. The molecule has 0 aromatic carbocycles.